The van der Waals surface area contributed by atoms with E-state index in [4.69, 9.17) is 10.2 Å². The number of carbonyl (C=O) groups excluding carboxylic acids is 1. The molecule has 2 aromatic heterocycles. The highest BCUT2D eigenvalue weighted by atomic mass is 16.4. The van der Waals surface area contributed by atoms with Crippen LogP contribution < -0.4 is 11.1 Å². The molecule has 2 aromatic rings. The van der Waals surface area contributed by atoms with Crippen molar-refractivity contribution in [1.82, 2.24) is 15.1 Å². The fraction of sp³-hybridized carbons (Fsp3) is 0.385. The van der Waals surface area contributed by atoms with Gasteiger partial charge in [-0.25, -0.2) is 0 Å². The van der Waals surface area contributed by atoms with Crippen LogP contribution in [0.4, 0.5) is 0 Å². The number of carbonyl (C=O) groups is 1. The van der Waals surface area contributed by atoms with Gasteiger partial charge < -0.3 is 15.5 Å². The third-order valence-electron chi connectivity index (χ3n) is 2.85. The zero-order valence-electron chi connectivity index (χ0n) is 11.1. The number of hydrogen-bond acceptors (Lipinski definition) is 4. The second kappa shape index (κ2) is 5.71. The van der Waals surface area contributed by atoms with Crippen LogP contribution >= 0.6 is 0 Å². The van der Waals surface area contributed by atoms with E-state index in [0.717, 1.165) is 17.7 Å². The predicted molar refractivity (Wildman–Crippen MR) is 70.4 cm³/mol. The highest BCUT2D eigenvalue weighted by molar-refractivity contribution is 5.91. The molecule has 6 heteroatoms. The van der Waals surface area contributed by atoms with Crippen LogP contribution in [-0.4, -0.2) is 15.7 Å². The van der Waals surface area contributed by atoms with E-state index < -0.39 is 0 Å². The highest BCUT2D eigenvalue weighted by Gasteiger charge is 2.12. The minimum absolute atomic E-state index is 0.245. The van der Waals surface area contributed by atoms with Crippen molar-refractivity contribution in [2.24, 2.45) is 12.8 Å². The largest absolute Gasteiger partial charge is 0.455 e. The van der Waals surface area contributed by atoms with Gasteiger partial charge in [0.25, 0.3) is 5.91 Å². The lowest BCUT2D eigenvalue weighted by molar-refractivity contribution is 0.0921. The molecule has 19 heavy (non-hydrogen) atoms. The third kappa shape index (κ3) is 3.03. The molecule has 0 aromatic carbocycles. The van der Waals surface area contributed by atoms with Crippen LogP contribution in [0.25, 0.3) is 0 Å². The van der Waals surface area contributed by atoms with Crippen LogP contribution in [0.3, 0.4) is 0 Å². The van der Waals surface area contributed by atoms with Gasteiger partial charge >= 0.3 is 0 Å². The van der Waals surface area contributed by atoms with E-state index in [-0.39, 0.29) is 18.2 Å². The maximum absolute atomic E-state index is 11.9. The quantitative estimate of drug-likeness (QED) is 0.840. The Balaban J connectivity index is 1.99. The van der Waals surface area contributed by atoms with Crippen molar-refractivity contribution in [2.45, 2.75) is 26.4 Å². The molecule has 0 aliphatic heterocycles. The van der Waals surface area contributed by atoms with Gasteiger partial charge in [-0.1, -0.05) is 6.92 Å². The first-order valence-electron chi connectivity index (χ1n) is 6.22. The van der Waals surface area contributed by atoms with Gasteiger partial charge in [-0.15, -0.1) is 0 Å². The van der Waals surface area contributed by atoms with Gasteiger partial charge in [0.2, 0.25) is 0 Å². The first-order valence-corrected chi connectivity index (χ1v) is 6.22. The van der Waals surface area contributed by atoms with Gasteiger partial charge in [0, 0.05) is 25.4 Å². The van der Waals surface area contributed by atoms with Gasteiger partial charge in [0.1, 0.15) is 5.76 Å². The van der Waals surface area contributed by atoms with Gasteiger partial charge in [-0.3, -0.25) is 9.48 Å². The molecule has 0 saturated heterocycles. The first-order chi connectivity index (χ1) is 9.13. The lowest BCUT2D eigenvalue weighted by Gasteiger charge is -2.02. The Hall–Kier alpha value is -2.08. The smallest absolute Gasteiger partial charge is 0.287 e. The number of rotatable bonds is 5. The Kier molecular flexibility index (Phi) is 4.01. The zero-order valence-corrected chi connectivity index (χ0v) is 11.1. The topological polar surface area (TPSA) is 86.1 Å². The summed E-state index contributed by atoms with van der Waals surface area (Å²) in [5, 5.41) is 7.14. The number of nitrogens with one attached hydrogen (secondary N) is 1. The number of nitrogens with zero attached hydrogens (tertiary/aromatic N) is 2. The molecule has 102 valence electrons. The van der Waals surface area contributed by atoms with Crippen LogP contribution in [0.1, 0.15) is 34.5 Å². The van der Waals surface area contributed by atoms with Crippen molar-refractivity contribution in [3.8, 4) is 0 Å². The molecule has 0 bridgehead atoms. The minimum Gasteiger partial charge on any atom is -0.455 e. The third-order valence-corrected chi connectivity index (χ3v) is 2.85. The maximum atomic E-state index is 11.9. The zero-order chi connectivity index (χ0) is 13.8. The molecule has 0 radical (unpaired) electrons. The summed E-state index contributed by atoms with van der Waals surface area (Å²) in [6, 6.07) is 3.33. The normalized spacial score (nSPS) is 10.7. The summed E-state index contributed by atoms with van der Waals surface area (Å²) in [7, 11) is 1.87. The Morgan fingerprint density at radius 1 is 1.53 bits per heavy atom. The van der Waals surface area contributed by atoms with E-state index in [0.29, 0.717) is 12.3 Å². The summed E-state index contributed by atoms with van der Waals surface area (Å²) < 4.78 is 7.04. The lowest BCUT2D eigenvalue weighted by Crippen LogP contribution is -2.22. The van der Waals surface area contributed by atoms with Crippen LogP contribution in [0.2, 0.25) is 0 Å². The summed E-state index contributed by atoms with van der Waals surface area (Å²) in [4.78, 5) is 11.9. The van der Waals surface area contributed by atoms with E-state index in [1.807, 2.05) is 20.2 Å². The molecule has 6 nitrogen and oxygen atoms in total. The SMILES string of the molecule is CCc1nn(C)cc1CNC(=O)c1ccc(CN)o1. The van der Waals surface area contributed by atoms with Crippen LogP contribution in [0.15, 0.2) is 22.7 Å². The monoisotopic (exact) mass is 262 g/mol. The molecular weight excluding hydrogens is 244 g/mol. The number of aromatic nitrogens is 2. The van der Waals surface area contributed by atoms with Crippen molar-refractivity contribution >= 4 is 5.91 Å². The standard InChI is InChI=1S/C13H18N4O2/c1-3-11-9(8-17(2)16-11)7-15-13(18)12-5-4-10(6-14)19-12/h4-5,8H,3,6-7,14H2,1-2H3,(H,15,18). The van der Waals surface area contributed by atoms with Gasteiger partial charge in [-0.05, 0) is 18.6 Å². The molecule has 0 aliphatic carbocycles. The van der Waals surface area contributed by atoms with Gasteiger partial charge in [0.15, 0.2) is 5.76 Å². The number of nitrogens with two attached hydrogens (primary N) is 1. The average molecular weight is 262 g/mol. The van der Waals surface area contributed by atoms with Crippen molar-refractivity contribution in [2.75, 3.05) is 0 Å². The second-order valence-corrected chi connectivity index (χ2v) is 4.28. The van der Waals surface area contributed by atoms with Crippen LogP contribution in [0.5, 0.6) is 0 Å². The maximum Gasteiger partial charge on any atom is 0.287 e. The van der Waals surface area contributed by atoms with E-state index in [9.17, 15) is 4.79 Å². The average Bonchev–Trinajstić information content (AvgIpc) is 3.01. The molecule has 2 rings (SSSR count). The molecule has 0 atom stereocenters. The number of hydrogen-bond donors (Lipinski definition) is 2. The Labute approximate surface area is 111 Å². The summed E-state index contributed by atoms with van der Waals surface area (Å²) in [5.41, 5.74) is 7.44. The molecule has 3 N–H and O–H groups in total. The molecule has 1 amide bonds. The van der Waals surface area contributed by atoms with Gasteiger partial charge in [0.05, 0.1) is 12.2 Å². The van der Waals surface area contributed by atoms with Gasteiger partial charge in [-0.2, -0.15) is 5.10 Å². The molecule has 0 saturated carbocycles. The molecule has 0 unspecified atom stereocenters. The number of furan rings is 1. The number of amides is 1. The molecular formula is C13H18N4O2. The van der Waals surface area contributed by atoms with Crippen molar-refractivity contribution in [3.63, 3.8) is 0 Å². The molecule has 2 heterocycles. The Morgan fingerprint density at radius 3 is 2.95 bits per heavy atom. The Bertz CT molecular complexity index is 571. The van der Waals surface area contributed by atoms with E-state index in [2.05, 4.69) is 10.4 Å². The fourth-order valence-corrected chi connectivity index (χ4v) is 1.90. The fourth-order valence-electron chi connectivity index (χ4n) is 1.90. The molecule has 0 aliphatic rings. The lowest BCUT2D eigenvalue weighted by atomic mass is 10.2. The van der Waals surface area contributed by atoms with Crippen molar-refractivity contribution in [3.05, 3.63) is 41.1 Å². The number of aryl methyl sites for hydroxylation is 2. The summed E-state index contributed by atoms with van der Waals surface area (Å²) >= 11 is 0. The van der Waals surface area contributed by atoms with Crippen LogP contribution in [-0.2, 0) is 26.6 Å². The summed E-state index contributed by atoms with van der Waals surface area (Å²) in [6.07, 6.45) is 2.75. The van der Waals surface area contributed by atoms with Crippen molar-refractivity contribution < 1.29 is 9.21 Å². The minimum atomic E-state index is -0.245. The molecule has 0 spiro atoms. The highest BCUT2D eigenvalue weighted by Crippen LogP contribution is 2.09. The van der Waals surface area contributed by atoms with E-state index >= 15 is 0 Å². The first kappa shape index (κ1) is 13.4. The second-order valence-electron chi connectivity index (χ2n) is 4.28. The Morgan fingerprint density at radius 2 is 2.32 bits per heavy atom. The van der Waals surface area contributed by atoms with Crippen LogP contribution in [0, 0.1) is 0 Å². The van der Waals surface area contributed by atoms with E-state index in [1.54, 1.807) is 16.8 Å². The summed E-state index contributed by atoms with van der Waals surface area (Å²) in [5.74, 6) is 0.633. The van der Waals surface area contributed by atoms with Crippen molar-refractivity contribution in [1.29, 1.82) is 0 Å². The predicted octanol–water partition coefficient (Wildman–Crippen LogP) is 0.964. The molecule has 0 fully saturated rings. The van der Waals surface area contributed by atoms with E-state index in [1.165, 1.54) is 0 Å². The summed E-state index contributed by atoms with van der Waals surface area (Å²) in [6.45, 7) is 2.76.